The minimum absolute atomic E-state index is 0.407. The lowest BCUT2D eigenvalue weighted by molar-refractivity contribution is -0.124. The molecule has 0 aromatic carbocycles. The summed E-state index contributed by atoms with van der Waals surface area (Å²) in [6, 6.07) is 0. The minimum Gasteiger partial charge on any atom is -0.267 e. The van der Waals surface area contributed by atoms with Gasteiger partial charge < -0.3 is 0 Å². The Hall–Kier alpha value is -1.12. The van der Waals surface area contributed by atoms with Crippen LogP contribution in [0.2, 0.25) is 0 Å². The Morgan fingerprint density at radius 2 is 2.12 bits per heavy atom. The van der Waals surface area contributed by atoms with Crippen LogP contribution >= 0.6 is 0 Å². The first-order chi connectivity index (χ1) is 3.70. The van der Waals surface area contributed by atoms with E-state index < -0.39 is 11.8 Å². The van der Waals surface area contributed by atoms with E-state index in [1.807, 2.05) is 0 Å². The van der Waals surface area contributed by atoms with Crippen LogP contribution in [0.15, 0.2) is 11.6 Å². The van der Waals surface area contributed by atoms with Crippen LogP contribution in [0.4, 0.5) is 0 Å². The molecule has 0 saturated heterocycles. The molecule has 8 heavy (non-hydrogen) atoms. The molecule has 1 aliphatic heterocycles. The maximum atomic E-state index is 10.3. The molecule has 1 radical (unpaired) electrons. The molecule has 0 saturated carbocycles. The van der Waals surface area contributed by atoms with E-state index in [1.165, 1.54) is 6.08 Å². The highest BCUT2D eigenvalue weighted by atomic mass is 16.2. The number of rotatable bonds is 0. The van der Waals surface area contributed by atoms with Crippen molar-refractivity contribution in [2.45, 2.75) is 6.92 Å². The molecule has 0 bridgehead atoms. The number of carbonyl (C=O) groups is 2. The van der Waals surface area contributed by atoms with E-state index >= 15 is 0 Å². The van der Waals surface area contributed by atoms with Crippen LogP contribution in [0.25, 0.3) is 0 Å². The SMILES string of the molecule is CC1=CC(=O)[N]C1=O. The minimum atomic E-state index is -0.437. The average Bonchev–Trinajstić information content (AvgIpc) is 1.85. The van der Waals surface area contributed by atoms with Gasteiger partial charge in [0.1, 0.15) is 0 Å². The third kappa shape index (κ3) is 0.621. The maximum absolute atomic E-state index is 10.3. The second-order valence-corrected chi connectivity index (χ2v) is 1.58. The van der Waals surface area contributed by atoms with Gasteiger partial charge in [0.15, 0.2) is 0 Å². The third-order valence-corrected chi connectivity index (χ3v) is 0.889. The zero-order valence-corrected chi connectivity index (χ0v) is 4.34. The van der Waals surface area contributed by atoms with Crippen LogP contribution in [0.3, 0.4) is 0 Å². The first-order valence-corrected chi connectivity index (χ1v) is 2.18. The van der Waals surface area contributed by atoms with Crippen molar-refractivity contribution < 1.29 is 9.59 Å². The van der Waals surface area contributed by atoms with Gasteiger partial charge in [0.2, 0.25) is 0 Å². The number of amides is 2. The van der Waals surface area contributed by atoms with Crippen molar-refractivity contribution >= 4 is 11.8 Å². The molecule has 1 heterocycles. The molecule has 0 spiro atoms. The predicted molar refractivity (Wildman–Crippen MR) is 25.9 cm³/mol. The first kappa shape index (κ1) is 5.03. The fourth-order valence-corrected chi connectivity index (χ4v) is 0.467. The number of hydrogen-bond acceptors (Lipinski definition) is 2. The second-order valence-electron chi connectivity index (χ2n) is 1.58. The van der Waals surface area contributed by atoms with Gasteiger partial charge in [0, 0.05) is 11.6 Å². The lowest BCUT2D eigenvalue weighted by atomic mass is 10.3. The van der Waals surface area contributed by atoms with Crippen molar-refractivity contribution in [3.63, 3.8) is 0 Å². The summed E-state index contributed by atoms with van der Waals surface area (Å²) in [5.41, 5.74) is 0.426. The van der Waals surface area contributed by atoms with Crippen LogP contribution in [-0.2, 0) is 9.59 Å². The van der Waals surface area contributed by atoms with Crippen molar-refractivity contribution in [3.8, 4) is 0 Å². The van der Waals surface area contributed by atoms with Gasteiger partial charge in [-0.15, -0.1) is 0 Å². The summed E-state index contributed by atoms with van der Waals surface area (Å²) in [5, 5.41) is 3.10. The lowest BCUT2D eigenvalue weighted by Crippen LogP contribution is -2.12. The van der Waals surface area contributed by atoms with Crippen LogP contribution in [-0.4, -0.2) is 11.8 Å². The number of nitrogens with zero attached hydrogens (tertiary/aromatic N) is 1. The zero-order chi connectivity index (χ0) is 6.15. The van der Waals surface area contributed by atoms with Crippen LogP contribution < -0.4 is 5.32 Å². The molecule has 1 rings (SSSR count). The second kappa shape index (κ2) is 1.43. The van der Waals surface area contributed by atoms with E-state index in [0.29, 0.717) is 5.57 Å². The molecule has 3 nitrogen and oxygen atoms in total. The van der Waals surface area contributed by atoms with Crippen molar-refractivity contribution in [1.82, 2.24) is 5.32 Å². The zero-order valence-electron chi connectivity index (χ0n) is 4.34. The molecule has 0 aromatic rings. The first-order valence-electron chi connectivity index (χ1n) is 2.18. The summed E-state index contributed by atoms with van der Waals surface area (Å²) in [6.07, 6.45) is 1.22. The van der Waals surface area contributed by atoms with E-state index in [0.717, 1.165) is 0 Å². The van der Waals surface area contributed by atoms with E-state index in [2.05, 4.69) is 5.32 Å². The van der Waals surface area contributed by atoms with E-state index in [9.17, 15) is 9.59 Å². The molecular formula is C5H4NO2. The normalized spacial score (nSPS) is 18.4. The van der Waals surface area contributed by atoms with Gasteiger partial charge >= 0.3 is 0 Å². The van der Waals surface area contributed by atoms with Crippen LogP contribution in [0.5, 0.6) is 0 Å². The summed E-state index contributed by atoms with van der Waals surface area (Å²) in [5.74, 6) is -0.845. The highest BCUT2D eigenvalue weighted by molar-refractivity contribution is 6.15. The largest absolute Gasteiger partial charge is 0.276 e. The van der Waals surface area contributed by atoms with Gasteiger partial charge in [0.05, 0.1) is 0 Å². The van der Waals surface area contributed by atoms with Crippen molar-refractivity contribution in [3.05, 3.63) is 11.6 Å². The quantitative estimate of drug-likeness (QED) is 0.398. The summed E-state index contributed by atoms with van der Waals surface area (Å²) in [7, 11) is 0. The van der Waals surface area contributed by atoms with Crippen molar-refractivity contribution in [1.29, 1.82) is 0 Å². The molecule has 0 aliphatic carbocycles. The summed E-state index contributed by atoms with van der Waals surface area (Å²) < 4.78 is 0. The molecule has 3 heteroatoms. The summed E-state index contributed by atoms with van der Waals surface area (Å²) in [4.78, 5) is 20.5. The molecule has 0 N–H and O–H groups in total. The van der Waals surface area contributed by atoms with Crippen molar-refractivity contribution in [2.24, 2.45) is 0 Å². The monoisotopic (exact) mass is 110 g/mol. The summed E-state index contributed by atoms with van der Waals surface area (Å²) in [6.45, 7) is 1.57. The molecule has 41 valence electrons. The molecule has 0 atom stereocenters. The molecule has 0 unspecified atom stereocenters. The Kier molecular flexibility index (Phi) is 0.901. The number of imide groups is 1. The Balaban J connectivity index is 2.88. The van der Waals surface area contributed by atoms with Gasteiger partial charge in [0.25, 0.3) is 11.8 Å². The Labute approximate surface area is 46.4 Å². The Morgan fingerprint density at radius 3 is 2.25 bits per heavy atom. The van der Waals surface area contributed by atoms with Gasteiger partial charge in [-0.05, 0) is 6.92 Å². The van der Waals surface area contributed by atoms with Gasteiger partial charge in [-0.1, -0.05) is 0 Å². The van der Waals surface area contributed by atoms with E-state index in [4.69, 9.17) is 0 Å². The smallest absolute Gasteiger partial charge is 0.267 e. The highest BCUT2D eigenvalue weighted by Gasteiger charge is 2.18. The maximum Gasteiger partial charge on any atom is 0.276 e. The fourth-order valence-electron chi connectivity index (χ4n) is 0.467. The molecule has 1 aliphatic rings. The number of hydrogen-bond donors (Lipinski definition) is 0. The lowest BCUT2D eigenvalue weighted by Gasteiger charge is -1.80. The highest BCUT2D eigenvalue weighted by Crippen LogP contribution is 1.99. The standard InChI is InChI=1S/C5H4NO2/c1-3-2-4(7)6-5(3)8/h2H,1H3. The van der Waals surface area contributed by atoms with Crippen molar-refractivity contribution in [2.75, 3.05) is 0 Å². The summed E-state index contributed by atoms with van der Waals surface area (Å²) >= 11 is 0. The van der Waals surface area contributed by atoms with Crippen LogP contribution in [0.1, 0.15) is 6.92 Å². The molecular weight excluding hydrogens is 106 g/mol. The molecule has 0 aromatic heterocycles. The fraction of sp³-hybridized carbons (Fsp3) is 0.200. The average molecular weight is 110 g/mol. The van der Waals surface area contributed by atoms with Gasteiger partial charge in [-0.25, -0.2) is 0 Å². The predicted octanol–water partition coefficient (Wildman–Crippen LogP) is -0.396. The van der Waals surface area contributed by atoms with E-state index in [-0.39, 0.29) is 0 Å². The topological polar surface area (TPSA) is 48.2 Å². The van der Waals surface area contributed by atoms with Gasteiger partial charge in [-0.2, -0.15) is 5.32 Å². The third-order valence-electron chi connectivity index (χ3n) is 0.889. The molecule has 2 amide bonds. The van der Waals surface area contributed by atoms with E-state index in [1.54, 1.807) is 6.92 Å². The Bertz CT molecular complexity index is 181. The number of carbonyl (C=O) groups excluding carboxylic acids is 2. The van der Waals surface area contributed by atoms with Crippen LogP contribution in [0, 0.1) is 0 Å². The van der Waals surface area contributed by atoms with Gasteiger partial charge in [-0.3, -0.25) is 9.59 Å². The molecule has 0 fully saturated rings. The Morgan fingerprint density at radius 1 is 1.50 bits per heavy atom.